The molecule has 152 valence electrons. The Morgan fingerprint density at radius 3 is 0.692 bits per heavy atom. The molecule has 0 aromatic heterocycles. The highest BCUT2D eigenvalue weighted by Crippen LogP contribution is 2.27. The van der Waals surface area contributed by atoms with Gasteiger partial charge in [0.2, 0.25) is 0 Å². The first kappa shape index (κ1) is 27.6. The normalized spacial score (nSPS) is 12.2. The summed E-state index contributed by atoms with van der Waals surface area (Å²) in [4.78, 5) is 0. The minimum atomic E-state index is -1.34. The molecule has 0 amide bonds. The molecule has 0 bridgehead atoms. The van der Waals surface area contributed by atoms with Crippen LogP contribution in [0.2, 0.25) is 24.2 Å². The molecule has 0 rings (SSSR count). The van der Waals surface area contributed by atoms with Gasteiger partial charge >= 0.3 is 0 Å². The molecule has 0 aliphatic heterocycles. The Labute approximate surface area is 168 Å². The Morgan fingerprint density at radius 1 is 0.462 bits per heavy atom. The van der Waals surface area contributed by atoms with E-state index in [0.29, 0.717) is 0 Å². The molecular formula is C24H48Si2. The lowest BCUT2D eigenvalue weighted by atomic mass is 10.3. The maximum absolute atomic E-state index is 4.00. The first-order valence-electron chi connectivity index (χ1n) is 10.5. The van der Waals surface area contributed by atoms with Gasteiger partial charge in [-0.25, -0.2) is 0 Å². The number of hydrogen-bond acceptors (Lipinski definition) is 0. The second-order valence-electron chi connectivity index (χ2n) is 9.67. The van der Waals surface area contributed by atoms with Crippen LogP contribution in [0.15, 0.2) is 49.1 Å². The van der Waals surface area contributed by atoms with Crippen LogP contribution < -0.4 is 0 Å². The number of hydrogen-bond donors (Lipinski definition) is 0. The van der Waals surface area contributed by atoms with E-state index in [2.05, 4.69) is 105 Å². The third-order valence-corrected chi connectivity index (χ3v) is 14.3. The summed E-state index contributed by atoms with van der Waals surface area (Å²) in [5.41, 5.74) is 8.83. The quantitative estimate of drug-likeness (QED) is 0.292. The molecule has 0 atom stereocenters. The van der Waals surface area contributed by atoms with E-state index >= 15 is 0 Å². The third kappa shape index (κ3) is 11.9. The van der Waals surface area contributed by atoms with E-state index < -0.39 is 16.1 Å². The highest BCUT2D eigenvalue weighted by molar-refractivity contribution is 6.89. The van der Waals surface area contributed by atoms with Crippen LogP contribution in [0.25, 0.3) is 0 Å². The SMILES string of the molecule is C=C[Si](C=C)(CC(C)C)CC(C)C.C=C[Si](C=C)(CC(C)C)CC(C)C. The van der Waals surface area contributed by atoms with Crippen molar-refractivity contribution >= 4 is 16.1 Å². The maximum atomic E-state index is 4.00. The van der Waals surface area contributed by atoms with Crippen molar-refractivity contribution in [2.75, 3.05) is 0 Å². The van der Waals surface area contributed by atoms with Gasteiger partial charge in [-0.2, -0.15) is 0 Å². The molecule has 0 nitrogen and oxygen atoms in total. The molecular weight excluding hydrogens is 344 g/mol. The highest BCUT2D eigenvalue weighted by atomic mass is 28.3. The zero-order valence-electron chi connectivity index (χ0n) is 19.3. The average molecular weight is 393 g/mol. The van der Waals surface area contributed by atoms with Gasteiger partial charge in [-0.3, -0.25) is 0 Å². The predicted molar refractivity (Wildman–Crippen MR) is 131 cm³/mol. The molecule has 0 saturated carbocycles. The Kier molecular flexibility index (Phi) is 14.4. The van der Waals surface area contributed by atoms with Gasteiger partial charge in [0, 0.05) is 0 Å². The minimum absolute atomic E-state index is 0.765. The van der Waals surface area contributed by atoms with Gasteiger partial charge < -0.3 is 0 Å². The van der Waals surface area contributed by atoms with E-state index in [1.807, 2.05) is 0 Å². The lowest BCUT2D eigenvalue weighted by Gasteiger charge is -2.28. The lowest BCUT2D eigenvalue weighted by Crippen LogP contribution is -2.32. The van der Waals surface area contributed by atoms with E-state index in [0.717, 1.165) is 23.7 Å². The minimum Gasteiger partial charge on any atom is -0.107 e. The summed E-state index contributed by atoms with van der Waals surface area (Å²) in [6, 6.07) is 5.22. The largest absolute Gasteiger partial charge is 0.107 e. The fourth-order valence-electron chi connectivity index (χ4n) is 4.04. The molecule has 2 heteroatoms. The van der Waals surface area contributed by atoms with Crippen molar-refractivity contribution < 1.29 is 0 Å². The van der Waals surface area contributed by atoms with Crippen molar-refractivity contribution in [1.29, 1.82) is 0 Å². The van der Waals surface area contributed by atoms with Crippen molar-refractivity contribution in [2.24, 2.45) is 23.7 Å². The van der Waals surface area contributed by atoms with Crippen LogP contribution in [-0.2, 0) is 0 Å². The summed E-state index contributed by atoms with van der Waals surface area (Å²) < 4.78 is 0. The fourth-order valence-corrected chi connectivity index (χ4v) is 12.1. The predicted octanol–water partition coefficient (Wildman–Crippen LogP) is 8.40. The van der Waals surface area contributed by atoms with Crippen molar-refractivity contribution in [1.82, 2.24) is 0 Å². The monoisotopic (exact) mass is 392 g/mol. The summed E-state index contributed by atoms with van der Waals surface area (Å²) in [7, 11) is -2.68. The molecule has 0 unspecified atom stereocenters. The van der Waals surface area contributed by atoms with Crippen LogP contribution in [0.1, 0.15) is 55.4 Å². The molecule has 26 heavy (non-hydrogen) atoms. The van der Waals surface area contributed by atoms with Crippen LogP contribution in [0.3, 0.4) is 0 Å². The molecule has 0 saturated heterocycles. The summed E-state index contributed by atoms with van der Waals surface area (Å²) >= 11 is 0. The smallest absolute Gasteiger partial charge is 0.101 e. The van der Waals surface area contributed by atoms with Gasteiger partial charge in [0.1, 0.15) is 16.1 Å². The molecule has 0 N–H and O–H groups in total. The summed E-state index contributed by atoms with van der Waals surface area (Å²) in [5.74, 6) is 3.06. The molecule has 0 aromatic rings. The molecule has 0 aliphatic carbocycles. The zero-order chi connectivity index (χ0) is 21.0. The molecule has 0 aromatic carbocycles. The van der Waals surface area contributed by atoms with Gasteiger partial charge in [-0.05, 0) is 47.8 Å². The topological polar surface area (TPSA) is 0 Å². The second kappa shape index (κ2) is 13.5. The Bertz CT molecular complexity index is 336. The van der Waals surface area contributed by atoms with E-state index in [4.69, 9.17) is 0 Å². The Morgan fingerprint density at radius 2 is 0.615 bits per heavy atom. The molecule has 0 aliphatic rings. The highest BCUT2D eigenvalue weighted by Gasteiger charge is 2.28. The summed E-state index contributed by atoms with van der Waals surface area (Å²) in [5, 5.41) is 0. The van der Waals surface area contributed by atoms with Crippen LogP contribution in [0.5, 0.6) is 0 Å². The first-order valence-corrected chi connectivity index (χ1v) is 15.6. The van der Waals surface area contributed by atoms with E-state index in [1.54, 1.807) is 0 Å². The van der Waals surface area contributed by atoms with Gasteiger partial charge in [0.15, 0.2) is 0 Å². The van der Waals surface area contributed by atoms with Crippen molar-refractivity contribution in [3.05, 3.63) is 49.1 Å². The molecule has 0 spiro atoms. The van der Waals surface area contributed by atoms with Crippen LogP contribution in [0.4, 0.5) is 0 Å². The summed E-state index contributed by atoms with van der Waals surface area (Å²) in [6.07, 6.45) is 0. The van der Waals surface area contributed by atoms with Gasteiger partial charge in [0.25, 0.3) is 0 Å². The van der Waals surface area contributed by atoms with Gasteiger partial charge in [0.05, 0.1) is 0 Å². The molecule has 0 heterocycles. The summed E-state index contributed by atoms with van der Waals surface area (Å²) in [6.45, 7) is 34.3. The Balaban J connectivity index is 0. The zero-order valence-corrected chi connectivity index (χ0v) is 21.3. The van der Waals surface area contributed by atoms with Crippen molar-refractivity contribution in [3.63, 3.8) is 0 Å². The van der Waals surface area contributed by atoms with E-state index in [9.17, 15) is 0 Å². The second-order valence-corrected chi connectivity index (χ2v) is 17.9. The molecule has 0 fully saturated rings. The third-order valence-electron chi connectivity index (χ3n) is 4.78. The fraction of sp³-hybridized carbons (Fsp3) is 0.667. The van der Waals surface area contributed by atoms with Crippen LogP contribution >= 0.6 is 0 Å². The average Bonchev–Trinajstić information content (AvgIpc) is 2.52. The standard InChI is InChI=1S/2C12H24Si/c2*1-7-13(8-2,9-11(3)4)10-12(5)6/h2*7-8,11-12H,1-2,9-10H2,3-6H3. The van der Waals surface area contributed by atoms with E-state index in [-0.39, 0.29) is 0 Å². The maximum Gasteiger partial charge on any atom is 0.101 e. The van der Waals surface area contributed by atoms with Crippen LogP contribution in [-0.4, -0.2) is 16.1 Å². The van der Waals surface area contributed by atoms with E-state index in [1.165, 1.54) is 24.2 Å². The lowest BCUT2D eigenvalue weighted by molar-refractivity contribution is 0.686. The van der Waals surface area contributed by atoms with Crippen molar-refractivity contribution in [3.8, 4) is 0 Å². The van der Waals surface area contributed by atoms with Crippen LogP contribution in [0, 0.1) is 23.7 Å². The molecule has 0 radical (unpaired) electrons. The number of rotatable bonds is 12. The van der Waals surface area contributed by atoms with Gasteiger partial charge in [-0.15, -0.1) is 26.3 Å². The van der Waals surface area contributed by atoms with Crippen molar-refractivity contribution in [2.45, 2.75) is 79.6 Å². The van der Waals surface area contributed by atoms with Gasteiger partial charge in [-0.1, -0.05) is 78.2 Å². The first-order chi connectivity index (χ1) is 11.9. The Hall–Kier alpha value is -0.606.